The van der Waals surface area contributed by atoms with Crippen LogP contribution in [0, 0.1) is 17.8 Å². The van der Waals surface area contributed by atoms with Gasteiger partial charge in [0.05, 0.1) is 6.10 Å². The van der Waals surface area contributed by atoms with Crippen molar-refractivity contribution < 1.29 is 4.74 Å². The van der Waals surface area contributed by atoms with Crippen LogP contribution in [-0.2, 0) is 4.74 Å². The van der Waals surface area contributed by atoms with Gasteiger partial charge in [-0.25, -0.2) is 0 Å². The van der Waals surface area contributed by atoms with Crippen molar-refractivity contribution in [2.45, 2.75) is 58.0 Å². The molecule has 0 amide bonds. The fraction of sp³-hybridized carbons (Fsp3) is 0.407. The molecule has 1 fully saturated rings. The second kappa shape index (κ2) is 10.3. The molecule has 1 unspecified atom stereocenters. The van der Waals surface area contributed by atoms with Crippen molar-refractivity contribution in [3.63, 3.8) is 0 Å². The van der Waals surface area contributed by atoms with Crippen LogP contribution in [-0.4, -0.2) is 12.7 Å². The van der Waals surface area contributed by atoms with Crippen LogP contribution in [0.1, 0.15) is 63.0 Å². The molecule has 2 aromatic carbocycles. The maximum absolute atomic E-state index is 5.73. The Labute approximate surface area is 170 Å². The zero-order chi connectivity index (χ0) is 19.8. The summed E-state index contributed by atoms with van der Waals surface area (Å²) in [4.78, 5) is 0. The standard InChI is InChI=1S/C27H32O/c1-4-23(5-2)24-15-17-26(18-16-24)25-13-9-21(10-14-25)7-8-22-11-19-27(20-12-22)28-6-3/h4,9-10,13-18,22-23,27H,1,5-6,11-12,19-20H2,2-3H3. The first-order valence-corrected chi connectivity index (χ1v) is 10.7. The molecule has 28 heavy (non-hydrogen) atoms. The molecule has 1 nitrogen and oxygen atoms in total. The Morgan fingerprint density at radius 3 is 2.11 bits per heavy atom. The van der Waals surface area contributed by atoms with Gasteiger partial charge in [0, 0.05) is 24.0 Å². The van der Waals surface area contributed by atoms with E-state index in [4.69, 9.17) is 4.74 Å². The van der Waals surface area contributed by atoms with Gasteiger partial charge in [0.15, 0.2) is 0 Å². The van der Waals surface area contributed by atoms with Gasteiger partial charge in [0.1, 0.15) is 0 Å². The number of rotatable bonds is 6. The number of ether oxygens (including phenoxy) is 1. The topological polar surface area (TPSA) is 9.23 Å². The fourth-order valence-corrected chi connectivity index (χ4v) is 4.00. The fourth-order valence-electron chi connectivity index (χ4n) is 4.00. The molecule has 0 radical (unpaired) electrons. The van der Waals surface area contributed by atoms with E-state index in [0.29, 0.717) is 17.9 Å². The first-order chi connectivity index (χ1) is 13.7. The zero-order valence-electron chi connectivity index (χ0n) is 17.3. The Morgan fingerprint density at radius 2 is 1.57 bits per heavy atom. The summed E-state index contributed by atoms with van der Waals surface area (Å²) in [6.07, 6.45) is 8.18. The van der Waals surface area contributed by atoms with E-state index in [1.165, 1.54) is 16.7 Å². The average molecular weight is 373 g/mol. The lowest BCUT2D eigenvalue weighted by atomic mass is 9.87. The summed E-state index contributed by atoms with van der Waals surface area (Å²) in [5.41, 5.74) is 4.92. The molecule has 0 saturated heterocycles. The minimum Gasteiger partial charge on any atom is -0.379 e. The second-order valence-corrected chi connectivity index (χ2v) is 7.65. The van der Waals surface area contributed by atoms with Crippen molar-refractivity contribution in [2.75, 3.05) is 6.61 Å². The molecular formula is C27H32O. The smallest absolute Gasteiger partial charge is 0.0575 e. The highest BCUT2D eigenvalue weighted by atomic mass is 16.5. The van der Waals surface area contributed by atoms with Crippen LogP contribution in [0.2, 0.25) is 0 Å². The number of hydrogen-bond acceptors (Lipinski definition) is 1. The highest BCUT2D eigenvalue weighted by Gasteiger charge is 2.19. The van der Waals surface area contributed by atoms with Crippen LogP contribution < -0.4 is 0 Å². The molecule has 0 bridgehead atoms. The summed E-state index contributed by atoms with van der Waals surface area (Å²) in [7, 11) is 0. The summed E-state index contributed by atoms with van der Waals surface area (Å²) < 4.78 is 5.73. The number of hydrogen-bond donors (Lipinski definition) is 0. The van der Waals surface area contributed by atoms with Gasteiger partial charge in [-0.2, -0.15) is 0 Å². The molecule has 2 aromatic rings. The van der Waals surface area contributed by atoms with Crippen LogP contribution in [0.5, 0.6) is 0 Å². The van der Waals surface area contributed by atoms with Crippen molar-refractivity contribution >= 4 is 0 Å². The number of benzene rings is 2. The van der Waals surface area contributed by atoms with Crippen molar-refractivity contribution in [1.82, 2.24) is 0 Å². The van der Waals surface area contributed by atoms with Gasteiger partial charge >= 0.3 is 0 Å². The van der Waals surface area contributed by atoms with Gasteiger partial charge in [-0.1, -0.05) is 61.2 Å². The molecule has 1 saturated carbocycles. The molecule has 146 valence electrons. The van der Waals surface area contributed by atoms with Crippen molar-refractivity contribution in [1.29, 1.82) is 0 Å². The van der Waals surface area contributed by atoms with Crippen LogP contribution >= 0.6 is 0 Å². The van der Waals surface area contributed by atoms with Gasteiger partial charge in [0.2, 0.25) is 0 Å². The Morgan fingerprint density at radius 1 is 0.964 bits per heavy atom. The van der Waals surface area contributed by atoms with Crippen molar-refractivity contribution in [3.05, 3.63) is 72.3 Å². The average Bonchev–Trinajstić information content (AvgIpc) is 2.75. The molecule has 1 heteroatoms. The Kier molecular flexibility index (Phi) is 7.52. The molecule has 0 aliphatic heterocycles. The van der Waals surface area contributed by atoms with E-state index in [1.807, 2.05) is 6.08 Å². The maximum atomic E-state index is 5.73. The van der Waals surface area contributed by atoms with E-state index in [2.05, 4.69) is 80.8 Å². The predicted octanol–water partition coefficient (Wildman–Crippen LogP) is 6.98. The normalized spacial score (nSPS) is 20.1. The second-order valence-electron chi connectivity index (χ2n) is 7.65. The highest BCUT2D eigenvalue weighted by Crippen LogP contribution is 2.27. The van der Waals surface area contributed by atoms with Gasteiger partial charge < -0.3 is 4.74 Å². The van der Waals surface area contributed by atoms with E-state index < -0.39 is 0 Å². The molecule has 3 rings (SSSR count). The molecule has 1 aliphatic carbocycles. The summed E-state index contributed by atoms with van der Waals surface area (Å²) in [6.45, 7) is 9.04. The first-order valence-electron chi connectivity index (χ1n) is 10.7. The maximum Gasteiger partial charge on any atom is 0.0575 e. The van der Waals surface area contributed by atoms with Gasteiger partial charge in [-0.3, -0.25) is 0 Å². The largest absolute Gasteiger partial charge is 0.379 e. The zero-order valence-corrected chi connectivity index (χ0v) is 17.3. The molecule has 1 atom stereocenters. The Balaban J connectivity index is 1.61. The SMILES string of the molecule is C=CC(CC)c1ccc(-c2ccc(C#CC3CCC(OCC)CC3)cc2)cc1. The van der Waals surface area contributed by atoms with Gasteiger partial charge in [-0.05, 0) is 67.9 Å². The first kappa shape index (κ1) is 20.4. The molecule has 0 N–H and O–H groups in total. The minimum atomic E-state index is 0.440. The lowest BCUT2D eigenvalue weighted by Gasteiger charge is -2.25. The molecule has 1 aliphatic rings. The molecular weight excluding hydrogens is 340 g/mol. The monoisotopic (exact) mass is 372 g/mol. The minimum absolute atomic E-state index is 0.440. The van der Waals surface area contributed by atoms with Crippen LogP contribution in [0.4, 0.5) is 0 Å². The van der Waals surface area contributed by atoms with E-state index >= 15 is 0 Å². The van der Waals surface area contributed by atoms with Gasteiger partial charge in [0.25, 0.3) is 0 Å². The third-order valence-corrected chi connectivity index (χ3v) is 5.78. The summed E-state index contributed by atoms with van der Waals surface area (Å²) in [5.74, 6) is 7.81. The quantitative estimate of drug-likeness (QED) is 0.392. The van der Waals surface area contributed by atoms with E-state index in [0.717, 1.165) is 44.3 Å². The lowest BCUT2D eigenvalue weighted by Crippen LogP contribution is -2.20. The summed E-state index contributed by atoms with van der Waals surface area (Å²) in [5, 5.41) is 0. The van der Waals surface area contributed by atoms with Crippen molar-refractivity contribution in [3.8, 4) is 23.0 Å². The van der Waals surface area contributed by atoms with Crippen molar-refractivity contribution in [2.24, 2.45) is 5.92 Å². The Bertz CT molecular complexity index is 796. The molecule has 0 spiro atoms. The van der Waals surface area contributed by atoms with E-state index in [1.54, 1.807) is 0 Å². The molecule has 0 aromatic heterocycles. The predicted molar refractivity (Wildman–Crippen MR) is 119 cm³/mol. The van der Waals surface area contributed by atoms with Crippen LogP contribution in [0.3, 0.4) is 0 Å². The number of allylic oxidation sites excluding steroid dienone is 1. The van der Waals surface area contributed by atoms with Gasteiger partial charge in [-0.15, -0.1) is 6.58 Å². The third-order valence-electron chi connectivity index (χ3n) is 5.78. The third kappa shape index (κ3) is 5.37. The summed E-state index contributed by atoms with van der Waals surface area (Å²) >= 11 is 0. The highest BCUT2D eigenvalue weighted by molar-refractivity contribution is 5.64. The Hall–Kier alpha value is -2.30. The lowest BCUT2D eigenvalue weighted by molar-refractivity contribution is 0.0310. The molecule has 0 heterocycles. The summed E-state index contributed by atoms with van der Waals surface area (Å²) in [6, 6.07) is 17.5. The van der Waals surface area contributed by atoms with E-state index in [9.17, 15) is 0 Å². The van der Waals surface area contributed by atoms with Crippen LogP contribution in [0.15, 0.2) is 61.2 Å². The van der Waals surface area contributed by atoms with E-state index in [-0.39, 0.29) is 0 Å². The van der Waals surface area contributed by atoms with Crippen LogP contribution in [0.25, 0.3) is 11.1 Å².